The van der Waals surface area contributed by atoms with Crippen LogP contribution < -0.4 is 14.8 Å². The molecule has 0 saturated heterocycles. The smallest absolute Gasteiger partial charge is 0.251 e. The summed E-state index contributed by atoms with van der Waals surface area (Å²) in [7, 11) is 1.54. The maximum atomic E-state index is 12.8. The van der Waals surface area contributed by atoms with Crippen molar-refractivity contribution >= 4 is 17.5 Å². The third-order valence-electron chi connectivity index (χ3n) is 4.38. The molecule has 0 unspecified atom stereocenters. The Bertz CT molecular complexity index is 772. The van der Waals surface area contributed by atoms with Crippen LogP contribution in [0.1, 0.15) is 48.7 Å². The van der Waals surface area contributed by atoms with Gasteiger partial charge in [-0.15, -0.1) is 0 Å². The number of carbonyl (C=O) groups excluding carboxylic acids is 1. The van der Waals surface area contributed by atoms with Crippen molar-refractivity contribution in [3.05, 3.63) is 58.6 Å². The Labute approximate surface area is 159 Å². The summed E-state index contributed by atoms with van der Waals surface area (Å²) < 4.78 is 11.1. The second-order valence-corrected chi connectivity index (χ2v) is 7.26. The fraction of sp³-hybridized carbons (Fsp3) is 0.381. The zero-order valence-electron chi connectivity index (χ0n) is 15.3. The molecule has 1 N–H and O–H groups in total. The van der Waals surface area contributed by atoms with Gasteiger partial charge in [0.15, 0.2) is 11.5 Å². The van der Waals surface area contributed by atoms with Crippen molar-refractivity contribution < 1.29 is 14.3 Å². The van der Waals surface area contributed by atoms with Crippen LogP contribution in [0.5, 0.6) is 11.5 Å². The third-order valence-corrected chi connectivity index (χ3v) is 4.66. The van der Waals surface area contributed by atoms with Gasteiger partial charge in [-0.05, 0) is 50.3 Å². The summed E-state index contributed by atoms with van der Waals surface area (Å²) in [5.41, 5.74) is 1.59. The Balaban J connectivity index is 1.84. The van der Waals surface area contributed by atoms with E-state index in [1.54, 1.807) is 12.1 Å². The maximum Gasteiger partial charge on any atom is 0.251 e. The number of hydrogen-bond donors (Lipinski definition) is 1. The summed E-state index contributed by atoms with van der Waals surface area (Å²) in [6.45, 7) is 3.83. The van der Waals surface area contributed by atoms with E-state index in [-0.39, 0.29) is 18.1 Å². The van der Waals surface area contributed by atoms with E-state index >= 15 is 0 Å². The van der Waals surface area contributed by atoms with Crippen LogP contribution in [0, 0.1) is 5.92 Å². The van der Waals surface area contributed by atoms with Crippen LogP contribution in [0.2, 0.25) is 5.02 Å². The molecule has 0 heterocycles. The Morgan fingerprint density at radius 2 is 1.88 bits per heavy atom. The molecule has 1 amide bonds. The van der Waals surface area contributed by atoms with Crippen LogP contribution in [0.25, 0.3) is 0 Å². The second-order valence-electron chi connectivity index (χ2n) is 6.86. The summed E-state index contributed by atoms with van der Waals surface area (Å²) in [4.78, 5) is 12.8. The van der Waals surface area contributed by atoms with Crippen molar-refractivity contribution in [2.45, 2.75) is 38.8 Å². The summed E-state index contributed by atoms with van der Waals surface area (Å²) in [5.74, 6) is 1.24. The second kappa shape index (κ2) is 8.00. The van der Waals surface area contributed by atoms with E-state index in [1.807, 2.05) is 32.0 Å². The Morgan fingerprint density at radius 3 is 2.46 bits per heavy atom. The normalized spacial score (nSPS) is 14.8. The van der Waals surface area contributed by atoms with Crippen LogP contribution >= 0.6 is 11.6 Å². The fourth-order valence-electron chi connectivity index (χ4n) is 2.99. The molecule has 2 aromatic carbocycles. The Hall–Kier alpha value is -2.20. The highest BCUT2D eigenvalue weighted by Crippen LogP contribution is 2.41. The van der Waals surface area contributed by atoms with E-state index in [2.05, 4.69) is 17.4 Å². The zero-order valence-corrected chi connectivity index (χ0v) is 16.0. The van der Waals surface area contributed by atoms with Crippen LogP contribution in [-0.2, 0) is 0 Å². The van der Waals surface area contributed by atoms with Gasteiger partial charge >= 0.3 is 0 Å². The van der Waals surface area contributed by atoms with Gasteiger partial charge in [0.2, 0.25) is 0 Å². The zero-order chi connectivity index (χ0) is 18.7. The molecule has 1 fully saturated rings. The minimum atomic E-state index is -0.165. The molecule has 26 heavy (non-hydrogen) atoms. The third kappa shape index (κ3) is 4.31. The van der Waals surface area contributed by atoms with Crippen LogP contribution in [0.3, 0.4) is 0 Å². The number of ether oxygens (including phenoxy) is 2. The number of rotatable bonds is 7. The van der Waals surface area contributed by atoms with E-state index in [9.17, 15) is 4.79 Å². The van der Waals surface area contributed by atoms with Gasteiger partial charge in [-0.25, -0.2) is 0 Å². The van der Waals surface area contributed by atoms with Crippen LogP contribution in [0.15, 0.2) is 42.5 Å². The number of methoxy groups -OCH3 is 1. The van der Waals surface area contributed by atoms with E-state index in [0.717, 1.165) is 18.4 Å². The van der Waals surface area contributed by atoms with Crippen molar-refractivity contribution in [1.29, 1.82) is 0 Å². The highest BCUT2D eigenvalue weighted by Gasteiger charge is 2.33. The highest BCUT2D eigenvalue weighted by atomic mass is 35.5. The lowest BCUT2D eigenvalue weighted by Gasteiger charge is -2.20. The van der Waals surface area contributed by atoms with Crippen molar-refractivity contribution in [2.75, 3.05) is 7.11 Å². The van der Waals surface area contributed by atoms with Gasteiger partial charge in [-0.3, -0.25) is 4.79 Å². The monoisotopic (exact) mass is 373 g/mol. The molecule has 138 valence electrons. The van der Waals surface area contributed by atoms with Gasteiger partial charge in [0.25, 0.3) is 5.91 Å². The molecule has 1 saturated carbocycles. The largest absolute Gasteiger partial charge is 0.493 e. The average molecular weight is 374 g/mol. The summed E-state index contributed by atoms with van der Waals surface area (Å²) in [6, 6.07) is 13.4. The van der Waals surface area contributed by atoms with Gasteiger partial charge in [-0.2, -0.15) is 0 Å². The minimum Gasteiger partial charge on any atom is -0.493 e. The van der Waals surface area contributed by atoms with Crippen molar-refractivity contribution in [3.63, 3.8) is 0 Å². The van der Waals surface area contributed by atoms with Gasteiger partial charge < -0.3 is 14.8 Å². The first-order valence-electron chi connectivity index (χ1n) is 8.89. The molecule has 1 aliphatic rings. The molecule has 1 aliphatic carbocycles. The van der Waals surface area contributed by atoms with Gasteiger partial charge in [0, 0.05) is 5.56 Å². The first-order chi connectivity index (χ1) is 12.5. The molecule has 3 rings (SSSR count). The van der Waals surface area contributed by atoms with Crippen molar-refractivity contribution in [3.8, 4) is 11.5 Å². The number of hydrogen-bond acceptors (Lipinski definition) is 3. The van der Waals surface area contributed by atoms with E-state index < -0.39 is 0 Å². The average Bonchev–Trinajstić information content (AvgIpc) is 3.46. The predicted octanol–water partition coefficient (Wildman–Crippen LogP) is 5.02. The van der Waals surface area contributed by atoms with Crippen molar-refractivity contribution in [2.24, 2.45) is 5.92 Å². The number of nitrogens with one attached hydrogen (secondary N) is 1. The number of benzene rings is 2. The SMILES string of the molecule is COc1cc(C(=O)N[C@@H](c2ccccc2)C2CC2)cc(Cl)c1OC(C)C. The summed E-state index contributed by atoms with van der Waals surface area (Å²) in [6.07, 6.45) is 2.22. The number of carbonyl (C=O) groups is 1. The molecule has 5 heteroatoms. The summed E-state index contributed by atoms with van der Waals surface area (Å²) >= 11 is 6.34. The lowest BCUT2D eigenvalue weighted by molar-refractivity contribution is 0.0931. The molecule has 0 aliphatic heterocycles. The van der Waals surface area contributed by atoms with E-state index in [4.69, 9.17) is 21.1 Å². The molecule has 0 spiro atoms. The Morgan fingerprint density at radius 1 is 1.19 bits per heavy atom. The fourth-order valence-corrected chi connectivity index (χ4v) is 3.24. The Kier molecular flexibility index (Phi) is 5.72. The molecule has 0 bridgehead atoms. The quantitative estimate of drug-likeness (QED) is 0.741. The predicted molar refractivity (Wildman–Crippen MR) is 103 cm³/mol. The first kappa shape index (κ1) is 18.6. The minimum absolute atomic E-state index is 0.0139. The molecule has 2 aromatic rings. The van der Waals surface area contributed by atoms with Gasteiger partial charge in [0.1, 0.15) is 0 Å². The van der Waals surface area contributed by atoms with Gasteiger partial charge in [0.05, 0.1) is 24.3 Å². The van der Waals surface area contributed by atoms with Gasteiger partial charge in [-0.1, -0.05) is 41.9 Å². The molecule has 4 nitrogen and oxygen atoms in total. The topological polar surface area (TPSA) is 47.6 Å². The molecule has 0 aromatic heterocycles. The number of halogens is 1. The lowest BCUT2D eigenvalue weighted by Crippen LogP contribution is -2.30. The lowest BCUT2D eigenvalue weighted by atomic mass is 10.0. The van der Waals surface area contributed by atoms with Crippen LogP contribution in [0.4, 0.5) is 0 Å². The van der Waals surface area contributed by atoms with E-state index in [1.165, 1.54) is 7.11 Å². The van der Waals surface area contributed by atoms with E-state index in [0.29, 0.717) is 28.0 Å². The molecular formula is C21H24ClNO3. The first-order valence-corrected chi connectivity index (χ1v) is 9.27. The highest BCUT2D eigenvalue weighted by molar-refractivity contribution is 6.32. The standard InChI is InChI=1S/C21H24ClNO3/c1-13(2)26-20-17(22)11-16(12-18(20)25-3)21(24)23-19(15-9-10-15)14-7-5-4-6-8-14/h4-8,11-13,15,19H,9-10H2,1-3H3,(H,23,24)/t19-/m0/s1. The summed E-state index contributed by atoms with van der Waals surface area (Å²) in [5, 5.41) is 3.52. The number of amides is 1. The maximum absolute atomic E-state index is 12.8. The molecular weight excluding hydrogens is 350 g/mol. The molecule has 0 radical (unpaired) electrons. The van der Waals surface area contributed by atoms with Crippen LogP contribution in [-0.4, -0.2) is 19.1 Å². The molecule has 1 atom stereocenters. The van der Waals surface area contributed by atoms with Crippen molar-refractivity contribution in [1.82, 2.24) is 5.32 Å².